The van der Waals surface area contributed by atoms with Gasteiger partial charge in [-0.1, -0.05) is 30.4 Å². The van der Waals surface area contributed by atoms with E-state index in [1.54, 1.807) is 4.31 Å². The molecule has 2 aliphatic rings. The molecule has 1 aromatic carbocycles. The van der Waals surface area contributed by atoms with Crippen LogP contribution in [0.3, 0.4) is 0 Å². The number of allylic oxidation sites excluding steroid dienone is 1. The molecule has 1 aromatic rings. The van der Waals surface area contributed by atoms with Gasteiger partial charge < -0.3 is 9.64 Å². The first-order valence-corrected chi connectivity index (χ1v) is 12.8. The van der Waals surface area contributed by atoms with Gasteiger partial charge in [-0.05, 0) is 68.6 Å². The summed E-state index contributed by atoms with van der Waals surface area (Å²) < 4.78 is 30.3. The molecule has 7 heteroatoms. The molecule has 2 aliphatic heterocycles. The zero-order valence-electron chi connectivity index (χ0n) is 18.3. The van der Waals surface area contributed by atoms with Crippen LogP contribution < -0.4 is 0 Å². The van der Waals surface area contributed by atoms with Crippen molar-refractivity contribution in [3.8, 4) is 0 Å². The van der Waals surface area contributed by atoms with Crippen LogP contribution in [0, 0.1) is 5.92 Å². The quantitative estimate of drug-likeness (QED) is 0.677. The molecule has 0 unspecified atom stereocenters. The highest BCUT2D eigenvalue weighted by Gasteiger charge is 2.24. The summed E-state index contributed by atoms with van der Waals surface area (Å²) in [5, 5.41) is 0. The third-order valence-electron chi connectivity index (χ3n) is 5.94. The molecule has 0 aliphatic carbocycles. The van der Waals surface area contributed by atoms with E-state index >= 15 is 0 Å². The number of rotatable bonds is 6. The summed E-state index contributed by atoms with van der Waals surface area (Å²) in [5.41, 5.74) is 3.53. The maximum absolute atomic E-state index is 12.0. The van der Waals surface area contributed by atoms with E-state index in [4.69, 9.17) is 4.74 Å². The van der Waals surface area contributed by atoms with Crippen LogP contribution >= 0.6 is 0 Å². The first-order chi connectivity index (χ1) is 14.2. The normalized spacial score (nSPS) is 18.7. The van der Waals surface area contributed by atoms with Crippen LogP contribution in [0.5, 0.6) is 0 Å². The minimum Gasteiger partial charge on any atom is -0.447 e. The van der Waals surface area contributed by atoms with E-state index in [-0.39, 0.29) is 12.2 Å². The van der Waals surface area contributed by atoms with Gasteiger partial charge in [-0.2, -0.15) is 4.31 Å². The zero-order valence-corrected chi connectivity index (χ0v) is 19.2. The fourth-order valence-corrected chi connectivity index (χ4v) is 4.96. The average molecular weight is 435 g/mol. The van der Waals surface area contributed by atoms with Crippen molar-refractivity contribution in [1.29, 1.82) is 0 Å². The number of likely N-dealkylation sites (tertiary alicyclic amines) is 1. The molecule has 0 radical (unpaired) electrons. The lowest BCUT2D eigenvalue weighted by atomic mass is 9.92. The first kappa shape index (κ1) is 22.8. The average Bonchev–Trinajstić information content (AvgIpc) is 2.70. The highest BCUT2D eigenvalue weighted by atomic mass is 32.2. The molecular formula is C23H34N2O4S. The van der Waals surface area contributed by atoms with Crippen molar-refractivity contribution in [3.63, 3.8) is 0 Å². The maximum Gasteiger partial charge on any atom is 0.410 e. The van der Waals surface area contributed by atoms with Gasteiger partial charge in [0.15, 0.2) is 0 Å². The van der Waals surface area contributed by atoms with Crippen LogP contribution in [-0.4, -0.2) is 55.7 Å². The van der Waals surface area contributed by atoms with Crippen molar-refractivity contribution in [2.24, 2.45) is 5.92 Å². The van der Waals surface area contributed by atoms with Gasteiger partial charge in [-0.25, -0.2) is 13.2 Å². The molecular weight excluding hydrogens is 400 g/mol. The number of hydrogen-bond donors (Lipinski definition) is 0. The van der Waals surface area contributed by atoms with Gasteiger partial charge in [0.1, 0.15) is 0 Å². The van der Waals surface area contributed by atoms with E-state index in [1.165, 1.54) is 17.4 Å². The number of piperidine rings is 1. The number of ether oxygens (including phenoxy) is 1. The summed E-state index contributed by atoms with van der Waals surface area (Å²) in [6.45, 7) is 6.36. The summed E-state index contributed by atoms with van der Waals surface area (Å²) in [4.78, 5) is 13.8. The predicted molar refractivity (Wildman–Crippen MR) is 120 cm³/mol. The van der Waals surface area contributed by atoms with Crippen molar-refractivity contribution in [2.45, 2.75) is 58.6 Å². The Morgan fingerprint density at radius 3 is 2.60 bits per heavy atom. The molecule has 0 bridgehead atoms. The molecule has 0 spiro atoms. The molecule has 0 N–H and O–H groups in total. The molecule has 0 saturated carbocycles. The van der Waals surface area contributed by atoms with Gasteiger partial charge in [-0.3, -0.25) is 0 Å². The molecule has 6 nitrogen and oxygen atoms in total. The summed E-state index contributed by atoms with van der Waals surface area (Å²) >= 11 is 0. The van der Waals surface area contributed by atoms with Gasteiger partial charge in [-0.15, -0.1) is 0 Å². The van der Waals surface area contributed by atoms with Crippen molar-refractivity contribution < 1.29 is 17.9 Å². The lowest BCUT2D eigenvalue weighted by Gasteiger charge is -2.31. The Balaban J connectivity index is 1.43. The van der Waals surface area contributed by atoms with E-state index in [9.17, 15) is 13.2 Å². The molecule has 166 valence electrons. The lowest BCUT2D eigenvalue weighted by molar-refractivity contribution is 0.0648. The fraction of sp³-hybridized carbons (Fsp3) is 0.609. The molecule has 0 atom stereocenters. The highest BCUT2D eigenvalue weighted by molar-refractivity contribution is 7.88. The number of benzene rings is 1. The number of amides is 1. The third-order valence-corrected chi connectivity index (χ3v) is 7.19. The van der Waals surface area contributed by atoms with Crippen LogP contribution in [0.4, 0.5) is 4.79 Å². The van der Waals surface area contributed by atoms with Gasteiger partial charge in [0.25, 0.3) is 0 Å². The van der Waals surface area contributed by atoms with Gasteiger partial charge >= 0.3 is 6.09 Å². The fourth-order valence-electron chi connectivity index (χ4n) is 4.17. The van der Waals surface area contributed by atoms with Crippen molar-refractivity contribution in [2.75, 3.05) is 25.9 Å². The monoisotopic (exact) mass is 434 g/mol. The zero-order chi connectivity index (χ0) is 21.7. The Hall–Kier alpha value is -1.86. The van der Waals surface area contributed by atoms with Crippen LogP contribution in [0.15, 0.2) is 24.3 Å². The van der Waals surface area contributed by atoms with Crippen molar-refractivity contribution in [1.82, 2.24) is 9.21 Å². The maximum atomic E-state index is 12.0. The Morgan fingerprint density at radius 1 is 1.20 bits per heavy atom. The topological polar surface area (TPSA) is 66.9 Å². The lowest BCUT2D eigenvalue weighted by Crippen LogP contribution is -2.39. The number of fused-ring (bicyclic) bond motifs is 1. The molecule has 1 saturated heterocycles. The second kappa shape index (κ2) is 9.96. The Labute approximate surface area is 180 Å². The van der Waals surface area contributed by atoms with E-state index in [1.807, 2.05) is 18.7 Å². The first-order valence-electron chi connectivity index (χ1n) is 10.9. The number of sulfonamides is 1. The molecule has 3 rings (SSSR count). The van der Waals surface area contributed by atoms with E-state index in [0.717, 1.165) is 50.8 Å². The number of nitrogens with zero attached hydrogens (tertiary/aromatic N) is 2. The van der Waals surface area contributed by atoms with Crippen molar-refractivity contribution >= 4 is 22.2 Å². The summed E-state index contributed by atoms with van der Waals surface area (Å²) in [6, 6.07) is 6.31. The number of carbonyl (C=O) groups excluding carboxylic acids is 1. The minimum atomic E-state index is -3.13. The molecule has 0 aromatic heterocycles. The Kier molecular flexibility index (Phi) is 7.58. The summed E-state index contributed by atoms with van der Waals surface area (Å²) in [5.74, 6) is 0.656. The molecule has 30 heavy (non-hydrogen) atoms. The van der Waals surface area contributed by atoms with Gasteiger partial charge in [0, 0.05) is 26.2 Å². The van der Waals surface area contributed by atoms with E-state index in [2.05, 4.69) is 30.4 Å². The Bertz CT molecular complexity index is 871. The largest absolute Gasteiger partial charge is 0.447 e. The summed E-state index contributed by atoms with van der Waals surface area (Å²) in [6.07, 6.45) is 10.4. The predicted octanol–water partition coefficient (Wildman–Crippen LogP) is 4.05. The Morgan fingerprint density at radius 2 is 1.93 bits per heavy atom. The smallest absolute Gasteiger partial charge is 0.410 e. The molecule has 1 amide bonds. The second-order valence-electron chi connectivity index (χ2n) is 8.72. The van der Waals surface area contributed by atoms with Gasteiger partial charge in [0.05, 0.1) is 12.4 Å². The second-order valence-corrected chi connectivity index (χ2v) is 10.7. The molecule has 1 fully saturated rings. The summed E-state index contributed by atoms with van der Waals surface area (Å²) in [7, 11) is -3.13. The highest BCUT2D eigenvalue weighted by Crippen LogP contribution is 2.24. The third kappa shape index (κ3) is 6.32. The van der Waals surface area contributed by atoms with Crippen LogP contribution in [0.25, 0.3) is 6.08 Å². The van der Waals surface area contributed by atoms with E-state index < -0.39 is 10.0 Å². The SMILES string of the molecule is CC(C)OC(=O)N1CCC(CC/C=C/c2ccc3c(c2)CCN(S(C)(=O)=O)C3)CC1. The molecule has 2 heterocycles. The number of carbonyl (C=O) groups is 1. The van der Waals surface area contributed by atoms with Gasteiger partial charge in [0.2, 0.25) is 10.0 Å². The van der Waals surface area contributed by atoms with Crippen LogP contribution in [-0.2, 0) is 27.7 Å². The van der Waals surface area contributed by atoms with Crippen molar-refractivity contribution in [3.05, 3.63) is 41.0 Å². The van der Waals surface area contributed by atoms with Crippen LogP contribution in [0.2, 0.25) is 0 Å². The minimum absolute atomic E-state index is 0.0671. The number of hydrogen-bond acceptors (Lipinski definition) is 4. The standard InChI is InChI=1S/C23H34N2O4S/c1-18(2)29-23(26)24-13-10-19(11-14-24)6-4-5-7-20-8-9-22-17-25(30(3,27)28)15-12-21(22)16-20/h5,7-9,16,18-19H,4,6,10-15,17H2,1-3H3/b7-5+. The van der Waals surface area contributed by atoms with E-state index in [0.29, 0.717) is 19.0 Å². The van der Waals surface area contributed by atoms with Crippen LogP contribution in [0.1, 0.15) is 56.2 Å².